The fourth-order valence-electron chi connectivity index (χ4n) is 1.85. The lowest BCUT2D eigenvalue weighted by molar-refractivity contribution is -0.138. The van der Waals surface area contributed by atoms with Gasteiger partial charge in [0.25, 0.3) is 0 Å². The Hall–Kier alpha value is -2.20. The van der Waals surface area contributed by atoms with Gasteiger partial charge in [-0.15, -0.1) is 0 Å². The van der Waals surface area contributed by atoms with Crippen LogP contribution in [0.3, 0.4) is 0 Å². The highest BCUT2D eigenvalue weighted by molar-refractivity contribution is 5.75. The second-order valence-corrected chi connectivity index (χ2v) is 4.39. The minimum atomic E-state index is -0.885. The standard InChI is InChI=1S/C15H15NO3/c1-10(15(18)19)11-5-4-6-12(9-11)14(17)13-7-2-3-8-16-13/h2-10,14,17H,1H3,(H,18,19). The third kappa shape index (κ3) is 2.98. The number of aliphatic hydroxyl groups excluding tert-OH is 1. The number of benzene rings is 1. The van der Waals surface area contributed by atoms with E-state index in [2.05, 4.69) is 4.98 Å². The summed E-state index contributed by atoms with van der Waals surface area (Å²) in [5.74, 6) is -1.49. The van der Waals surface area contributed by atoms with Crippen molar-refractivity contribution in [3.8, 4) is 0 Å². The zero-order chi connectivity index (χ0) is 13.8. The van der Waals surface area contributed by atoms with Gasteiger partial charge in [0.1, 0.15) is 6.10 Å². The molecule has 4 nitrogen and oxygen atoms in total. The van der Waals surface area contributed by atoms with Crippen LogP contribution in [0, 0.1) is 0 Å². The molecular formula is C15H15NO3. The van der Waals surface area contributed by atoms with Crippen LogP contribution >= 0.6 is 0 Å². The van der Waals surface area contributed by atoms with E-state index >= 15 is 0 Å². The van der Waals surface area contributed by atoms with Crippen molar-refractivity contribution in [1.29, 1.82) is 0 Å². The van der Waals surface area contributed by atoms with Gasteiger partial charge in [0.2, 0.25) is 0 Å². The molecule has 0 fully saturated rings. The number of hydrogen-bond acceptors (Lipinski definition) is 3. The molecule has 98 valence electrons. The first-order chi connectivity index (χ1) is 9.09. The molecule has 0 amide bonds. The molecule has 0 bridgehead atoms. The molecule has 2 aromatic rings. The number of aliphatic carboxylic acids is 1. The Morgan fingerprint density at radius 3 is 2.53 bits per heavy atom. The number of carboxylic acid groups (broad SMARTS) is 1. The minimum absolute atomic E-state index is 0.544. The van der Waals surface area contributed by atoms with Crippen LogP contribution in [-0.4, -0.2) is 21.2 Å². The van der Waals surface area contributed by atoms with Gasteiger partial charge in [-0.3, -0.25) is 9.78 Å². The quantitative estimate of drug-likeness (QED) is 0.882. The van der Waals surface area contributed by atoms with Crippen molar-refractivity contribution in [1.82, 2.24) is 4.98 Å². The molecule has 2 N–H and O–H groups in total. The smallest absolute Gasteiger partial charge is 0.310 e. The van der Waals surface area contributed by atoms with Crippen LogP contribution in [0.1, 0.15) is 35.8 Å². The Morgan fingerprint density at radius 1 is 1.16 bits per heavy atom. The highest BCUT2D eigenvalue weighted by Crippen LogP contribution is 2.24. The van der Waals surface area contributed by atoms with E-state index in [9.17, 15) is 9.90 Å². The van der Waals surface area contributed by atoms with Crippen LogP contribution in [0.25, 0.3) is 0 Å². The fraction of sp³-hybridized carbons (Fsp3) is 0.200. The van der Waals surface area contributed by atoms with E-state index in [0.29, 0.717) is 16.8 Å². The summed E-state index contributed by atoms with van der Waals surface area (Å²) >= 11 is 0. The SMILES string of the molecule is CC(C(=O)O)c1cccc(C(O)c2ccccn2)c1. The molecule has 1 heterocycles. The molecule has 0 spiro atoms. The maximum Gasteiger partial charge on any atom is 0.310 e. The summed E-state index contributed by atoms with van der Waals surface area (Å²) in [6, 6.07) is 12.3. The lowest BCUT2D eigenvalue weighted by atomic mass is 9.96. The fourth-order valence-corrected chi connectivity index (χ4v) is 1.85. The van der Waals surface area contributed by atoms with Gasteiger partial charge in [0.05, 0.1) is 11.6 Å². The largest absolute Gasteiger partial charge is 0.481 e. The Bertz CT molecular complexity index is 569. The molecule has 0 aliphatic carbocycles. The first kappa shape index (κ1) is 13.2. The number of carbonyl (C=O) groups is 1. The minimum Gasteiger partial charge on any atom is -0.481 e. The molecule has 19 heavy (non-hydrogen) atoms. The lowest BCUT2D eigenvalue weighted by Crippen LogP contribution is -2.09. The summed E-state index contributed by atoms with van der Waals surface area (Å²) in [7, 11) is 0. The summed E-state index contributed by atoms with van der Waals surface area (Å²) in [5.41, 5.74) is 1.85. The Labute approximate surface area is 111 Å². The molecular weight excluding hydrogens is 242 g/mol. The van der Waals surface area contributed by atoms with Gasteiger partial charge < -0.3 is 10.2 Å². The van der Waals surface area contributed by atoms with E-state index in [1.165, 1.54) is 0 Å². The molecule has 4 heteroatoms. The average molecular weight is 257 g/mol. The van der Waals surface area contributed by atoms with Crippen LogP contribution in [0.15, 0.2) is 48.7 Å². The van der Waals surface area contributed by atoms with Gasteiger partial charge in [0.15, 0.2) is 0 Å². The number of hydrogen-bond donors (Lipinski definition) is 2. The Kier molecular flexibility index (Phi) is 3.92. The number of pyridine rings is 1. The van der Waals surface area contributed by atoms with Crippen molar-refractivity contribution in [2.45, 2.75) is 18.9 Å². The van der Waals surface area contributed by atoms with E-state index in [4.69, 9.17) is 5.11 Å². The summed E-state index contributed by atoms with van der Waals surface area (Å²) in [5, 5.41) is 19.2. The number of rotatable bonds is 4. The number of aliphatic hydroxyl groups is 1. The van der Waals surface area contributed by atoms with Gasteiger partial charge >= 0.3 is 5.97 Å². The average Bonchev–Trinajstić information content (AvgIpc) is 2.46. The number of nitrogens with zero attached hydrogens (tertiary/aromatic N) is 1. The molecule has 0 radical (unpaired) electrons. The monoisotopic (exact) mass is 257 g/mol. The second-order valence-electron chi connectivity index (χ2n) is 4.39. The molecule has 0 aliphatic heterocycles. The van der Waals surface area contributed by atoms with Gasteiger partial charge in [-0.2, -0.15) is 0 Å². The molecule has 0 aliphatic rings. The molecule has 0 saturated heterocycles. The van der Waals surface area contributed by atoms with Crippen LogP contribution < -0.4 is 0 Å². The van der Waals surface area contributed by atoms with Gasteiger partial charge in [-0.05, 0) is 30.2 Å². The molecule has 0 saturated carbocycles. The summed E-state index contributed by atoms with van der Waals surface area (Å²) < 4.78 is 0. The summed E-state index contributed by atoms with van der Waals surface area (Å²) in [6.07, 6.45) is 0.768. The van der Waals surface area contributed by atoms with E-state index in [1.54, 1.807) is 55.6 Å². The first-order valence-corrected chi connectivity index (χ1v) is 6.01. The van der Waals surface area contributed by atoms with Crippen LogP contribution in [0.4, 0.5) is 0 Å². The van der Waals surface area contributed by atoms with Crippen LogP contribution in [0.5, 0.6) is 0 Å². The van der Waals surface area contributed by atoms with Gasteiger partial charge in [0, 0.05) is 6.20 Å². The van der Waals surface area contributed by atoms with Crippen LogP contribution in [0.2, 0.25) is 0 Å². The molecule has 2 unspecified atom stereocenters. The van der Waals surface area contributed by atoms with Gasteiger partial charge in [-0.25, -0.2) is 0 Å². The van der Waals surface area contributed by atoms with Crippen LogP contribution in [-0.2, 0) is 4.79 Å². The highest BCUT2D eigenvalue weighted by atomic mass is 16.4. The lowest BCUT2D eigenvalue weighted by Gasteiger charge is -2.13. The third-order valence-corrected chi connectivity index (χ3v) is 3.06. The second kappa shape index (κ2) is 5.63. The van der Waals surface area contributed by atoms with Crippen molar-refractivity contribution in [3.05, 3.63) is 65.5 Å². The predicted octanol–water partition coefficient (Wildman–Crippen LogP) is 2.35. The first-order valence-electron chi connectivity index (χ1n) is 6.01. The third-order valence-electron chi connectivity index (χ3n) is 3.06. The maximum absolute atomic E-state index is 11.0. The Balaban J connectivity index is 2.31. The highest BCUT2D eigenvalue weighted by Gasteiger charge is 2.17. The van der Waals surface area contributed by atoms with Crippen molar-refractivity contribution in [2.75, 3.05) is 0 Å². The molecule has 2 rings (SSSR count). The number of carboxylic acids is 1. The maximum atomic E-state index is 11.0. The zero-order valence-electron chi connectivity index (χ0n) is 10.5. The van der Waals surface area contributed by atoms with E-state index < -0.39 is 18.0 Å². The summed E-state index contributed by atoms with van der Waals surface area (Å²) in [6.45, 7) is 1.62. The van der Waals surface area contributed by atoms with E-state index in [1.807, 2.05) is 0 Å². The normalized spacial score (nSPS) is 13.8. The summed E-state index contributed by atoms with van der Waals surface area (Å²) in [4.78, 5) is 15.1. The van der Waals surface area contributed by atoms with Crippen molar-refractivity contribution in [2.24, 2.45) is 0 Å². The Morgan fingerprint density at radius 2 is 1.89 bits per heavy atom. The molecule has 1 aromatic carbocycles. The molecule has 2 atom stereocenters. The predicted molar refractivity (Wildman–Crippen MR) is 70.8 cm³/mol. The molecule has 1 aromatic heterocycles. The van der Waals surface area contributed by atoms with Gasteiger partial charge in [-0.1, -0.05) is 30.3 Å². The topological polar surface area (TPSA) is 70.4 Å². The van der Waals surface area contributed by atoms with Crippen molar-refractivity contribution < 1.29 is 15.0 Å². The van der Waals surface area contributed by atoms with Crippen molar-refractivity contribution >= 4 is 5.97 Å². The van der Waals surface area contributed by atoms with E-state index in [0.717, 1.165) is 0 Å². The van der Waals surface area contributed by atoms with E-state index in [-0.39, 0.29) is 0 Å². The van der Waals surface area contributed by atoms with Crippen molar-refractivity contribution in [3.63, 3.8) is 0 Å². The number of aromatic nitrogens is 1. The zero-order valence-corrected chi connectivity index (χ0v) is 10.5.